The van der Waals surface area contributed by atoms with Gasteiger partial charge in [0.15, 0.2) is 5.75 Å². The van der Waals surface area contributed by atoms with E-state index in [0.717, 1.165) is 12.1 Å². The molecule has 1 amide bonds. The van der Waals surface area contributed by atoms with Gasteiger partial charge < -0.3 is 14.8 Å². The molecule has 0 aromatic heterocycles. The summed E-state index contributed by atoms with van der Waals surface area (Å²) in [6, 6.07) is 18.0. The minimum atomic E-state index is -4.63. The number of amides is 1. The number of hydrogen-bond acceptors (Lipinski definition) is 3. The Bertz CT molecular complexity index is 985. The molecule has 0 aliphatic rings. The highest BCUT2D eigenvalue weighted by Gasteiger charge is 2.34. The zero-order valence-electron chi connectivity index (χ0n) is 15.5. The van der Waals surface area contributed by atoms with Crippen LogP contribution in [-0.4, -0.2) is 12.5 Å². The van der Waals surface area contributed by atoms with E-state index in [1.165, 1.54) is 12.1 Å². The molecule has 150 valence electrons. The number of carbonyl (C=O) groups is 1. The lowest BCUT2D eigenvalue weighted by Crippen LogP contribution is -2.18. The first-order valence-corrected chi connectivity index (χ1v) is 8.86. The van der Waals surface area contributed by atoms with Crippen LogP contribution in [0.3, 0.4) is 0 Å². The lowest BCUT2D eigenvalue weighted by Gasteiger charge is -2.15. The van der Waals surface area contributed by atoms with Gasteiger partial charge in [-0.1, -0.05) is 24.3 Å². The number of halogens is 3. The van der Waals surface area contributed by atoms with Gasteiger partial charge in [0, 0.05) is 0 Å². The number of rotatable bonds is 6. The predicted molar refractivity (Wildman–Crippen MR) is 104 cm³/mol. The van der Waals surface area contributed by atoms with Crippen LogP contribution in [0.4, 0.5) is 18.9 Å². The molecule has 3 aromatic carbocycles. The van der Waals surface area contributed by atoms with E-state index in [0.29, 0.717) is 23.9 Å². The zero-order valence-corrected chi connectivity index (χ0v) is 15.5. The van der Waals surface area contributed by atoms with Crippen molar-refractivity contribution in [2.24, 2.45) is 0 Å². The van der Waals surface area contributed by atoms with Gasteiger partial charge in [-0.2, -0.15) is 13.2 Å². The van der Waals surface area contributed by atoms with E-state index >= 15 is 0 Å². The van der Waals surface area contributed by atoms with Crippen molar-refractivity contribution in [3.05, 3.63) is 83.9 Å². The van der Waals surface area contributed by atoms with Gasteiger partial charge in [-0.05, 0) is 55.5 Å². The maximum absolute atomic E-state index is 13.2. The maximum Gasteiger partial charge on any atom is 0.417 e. The van der Waals surface area contributed by atoms with Gasteiger partial charge in [0.05, 0.1) is 23.4 Å². The molecule has 0 unspecified atom stereocenters. The van der Waals surface area contributed by atoms with Crippen molar-refractivity contribution >= 4 is 11.6 Å². The van der Waals surface area contributed by atoms with Crippen molar-refractivity contribution < 1.29 is 27.4 Å². The highest BCUT2D eigenvalue weighted by atomic mass is 19.4. The van der Waals surface area contributed by atoms with Gasteiger partial charge in [-0.15, -0.1) is 0 Å². The standard InChI is InChI=1S/C22H18F3NO3/c1-2-28-15-11-13-16(14-12-15)29-20-10-6-5-9-19(20)26-21(27)17-7-3-4-8-18(17)22(23,24)25/h3-14H,2H2,1H3,(H,26,27). The second-order valence-electron chi connectivity index (χ2n) is 6.00. The quantitative estimate of drug-likeness (QED) is 0.539. The van der Waals surface area contributed by atoms with Crippen LogP contribution in [0.15, 0.2) is 72.8 Å². The van der Waals surface area contributed by atoms with Crippen molar-refractivity contribution in [3.63, 3.8) is 0 Å². The van der Waals surface area contributed by atoms with Crippen LogP contribution in [-0.2, 0) is 6.18 Å². The zero-order chi connectivity index (χ0) is 20.9. The molecule has 0 atom stereocenters. The lowest BCUT2D eigenvalue weighted by molar-refractivity contribution is -0.137. The number of hydrogen-bond donors (Lipinski definition) is 1. The minimum absolute atomic E-state index is 0.253. The molecule has 4 nitrogen and oxygen atoms in total. The summed E-state index contributed by atoms with van der Waals surface area (Å²) in [4.78, 5) is 12.5. The highest BCUT2D eigenvalue weighted by Crippen LogP contribution is 2.34. The molecule has 0 saturated carbocycles. The van der Waals surface area contributed by atoms with Crippen LogP contribution in [0.5, 0.6) is 17.2 Å². The number of nitrogens with one attached hydrogen (secondary N) is 1. The molecule has 29 heavy (non-hydrogen) atoms. The largest absolute Gasteiger partial charge is 0.494 e. The molecule has 1 N–H and O–H groups in total. The number of carbonyl (C=O) groups excluding carboxylic acids is 1. The molecule has 3 aromatic rings. The van der Waals surface area contributed by atoms with Gasteiger partial charge in [-0.3, -0.25) is 4.79 Å². The summed E-state index contributed by atoms with van der Waals surface area (Å²) in [7, 11) is 0. The first-order valence-electron chi connectivity index (χ1n) is 8.86. The molecule has 3 rings (SSSR count). The summed E-state index contributed by atoms with van der Waals surface area (Å²) < 4.78 is 50.7. The van der Waals surface area contributed by atoms with Crippen molar-refractivity contribution in [1.29, 1.82) is 0 Å². The molecule has 0 aliphatic carbocycles. The molecular weight excluding hydrogens is 383 g/mol. The molecule has 0 radical (unpaired) electrons. The Hall–Kier alpha value is -3.48. The average Bonchev–Trinajstić information content (AvgIpc) is 2.70. The molecular formula is C22H18F3NO3. The molecule has 0 heterocycles. The van der Waals surface area contributed by atoms with Crippen molar-refractivity contribution in [1.82, 2.24) is 0 Å². The SMILES string of the molecule is CCOc1ccc(Oc2ccccc2NC(=O)c2ccccc2C(F)(F)F)cc1. The third-order valence-electron chi connectivity index (χ3n) is 3.97. The van der Waals surface area contributed by atoms with Gasteiger partial charge >= 0.3 is 6.18 Å². The second kappa shape index (κ2) is 8.68. The first-order chi connectivity index (χ1) is 13.9. The Labute approximate surface area is 165 Å². The summed E-state index contributed by atoms with van der Waals surface area (Å²) in [5.41, 5.74) is -1.21. The molecule has 0 bridgehead atoms. The highest BCUT2D eigenvalue weighted by molar-refractivity contribution is 6.06. The number of ether oxygens (including phenoxy) is 2. The van der Waals surface area contributed by atoms with Crippen LogP contribution in [0.2, 0.25) is 0 Å². The first kappa shape index (κ1) is 20.3. The van der Waals surface area contributed by atoms with Crippen molar-refractivity contribution in [3.8, 4) is 17.2 Å². The molecule has 0 aliphatic heterocycles. The normalized spacial score (nSPS) is 11.0. The topological polar surface area (TPSA) is 47.6 Å². The fourth-order valence-electron chi connectivity index (χ4n) is 2.67. The average molecular weight is 401 g/mol. The minimum Gasteiger partial charge on any atom is -0.494 e. The Kier molecular flexibility index (Phi) is 6.07. The van der Waals surface area contributed by atoms with Crippen LogP contribution < -0.4 is 14.8 Å². The summed E-state index contributed by atoms with van der Waals surface area (Å²) in [6.07, 6.45) is -4.63. The lowest BCUT2D eigenvalue weighted by atomic mass is 10.1. The number of alkyl halides is 3. The Balaban J connectivity index is 1.82. The number of anilines is 1. The summed E-state index contributed by atoms with van der Waals surface area (Å²) in [6.45, 7) is 2.41. The number of benzene rings is 3. The monoisotopic (exact) mass is 401 g/mol. The predicted octanol–water partition coefficient (Wildman–Crippen LogP) is 6.15. The van der Waals surface area contributed by atoms with Crippen molar-refractivity contribution in [2.45, 2.75) is 13.1 Å². The summed E-state index contributed by atoms with van der Waals surface area (Å²) in [5.74, 6) is 0.603. The Morgan fingerprint density at radius 1 is 0.897 bits per heavy atom. The third kappa shape index (κ3) is 5.07. The summed E-state index contributed by atoms with van der Waals surface area (Å²) in [5, 5.41) is 2.50. The third-order valence-corrected chi connectivity index (χ3v) is 3.97. The van der Waals surface area contributed by atoms with Gasteiger partial charge in [0.25, 0.3) is 5.91 Å². The van der Waals surface area contributed by atoms with Crippen LogP contribution in [0.1, 0.15) is 22.8 Å². The summed E-state index contributed by atoms with van der Waals surface area (Å²) >= 11 is 0. The molecule has 0 saturated heterocycles. The van der Waals surface area contributed by atoms with E-state index in [2.05, 4.69) is 5.32 Å². The van der Waals surface area contributed by atoms with Crippen LogP contribution in [0, 0.1) is 0 Å². The van der Waals surface area contributed by atoms with E-state index in [4.69, 9.17) is 9.47 Å². The Morgan fingerprint density at radius 2 is 1.52 bits per heavy atom. The van der Waals surface area contributed by atoms with E-state index < -0.39 is 23.2 Å². The van der Waals surface area contributed by atoms with Gasteiger partial charge in [0.1, 0.15) is 11.5 Å². The maximum atomic E-state index is 13.2. The smallest absolute Gasteiger partial charge is 0.417 e. The van der Waals surface area contributed by atoms with E-state index in [1.807, 2.05) is 6.92 Å². The Morgan fingerprint density at radius 3 is 2.21 bits per heavy atom. The van der Waals surface area contributed by atoms with Gasteiger partial charge in [0.2, 0.25) is 0 Å². The van der Waals surface area contributed by atoms with Crippen LogP contribution in [0.25, 0.3) is 0 Å². The molecule has 0 spiro atoms. The molecule has 0 fully saturated rings. The van der Waals surface area contributed by atoms with Crippen molar-refractivity contribution in [2.75, 3.05) is 11.9 Å². The van der Waals surface area contributed by atoms with Gasteiger partial charge in [-0.25, -0.2) is 0 Å². The van der Waals surface area contributed by atoms with Crippen LogP contribution >= 0.6 is 0 Å². The molecule has 7 heteroatoms. The number of para-hydroxylation sites is 2. The fourth-order valence-corrected chi connectivity index (χ4v) is 2.67. The second-order valence-corrected chi connectivity index (χ2v) is 6.00. The fraction of sp³-hybridized carbons (Fsp3) is 0.136. The van der Waals surface area contributed by atoms with E-state index in [9.17, 15) is 18.0 Å². The van der Waals surface area contributed by atoms with E-state index in [1.54, 1.807) is 48.5 Å². The van der Waals surface area contributed by atoms with E-state index in [-0.39, 0.29) is 5.69 Å².